The van der Waals surface area contributed by atoms with E-state index in [-0.39, 0.29) is 11.7 Å². The number of phenolic OH excluding ortho intramolecular Hbond substituents is 1. The van der Waals surface area contributed by atoms with Crippen LogP contribution in [-0.4, -0.2) is 35.5 Å². The monoisotopic (exact) mass is 408 g/mol. The number of likely N-dealkylation sites (tertiary alicyclic amines) is 1. The van der Waals surface area contributed by atoms with Crippen LogP contribution >= 0.6 is 27.3 Å². The molecule has 1 atom stereocenters. The molecule has 1 saturated heterocycles. The Morgan fingerprint density at radius 1 is 1.42 bits per heavy atom. The number of halogens is 1. The number of hydrogen-bond donors (Lipinski definition) is 2. The zero-order chi connectivity index (χ0) is 16.9. The second-order valence-electron chi connectivity index (χ2n) is 6.19. The number of nitrogens with zero attached hydrogens (tertiary/aromatic N) is 1. The van der Waals surface area contributed by atoms with Gasteiger partial charge in [0, 0.05) is 29.0 Å². The number of aromatic hydroxyl groups is 1. The smallest absolute Gasteiger partial charge is 0.255 e. The van der Waals surface area contributed by atoms with Gasteiger partial charge in [-0.1, -0.05) is 22.0 Å². The number of phenols is 1. The molecule has 0 saturated carbocycles. The van der Waals surface area contributed by atoms with Crippen molar-refractivity contribution in [2.24, 2.45) is 5.92 Å². The highest BCUT2D eigenvalue weighted by Crippen LogP contribution is 2.23. The lowest BCUT2D eigenvalue weighted by Crippen LogP contribution is -2.40. The summed E-state index contributed by atoms with van der Waals surface area (Å²) in [7, 11) is 0. The van der Waals surface area contributed by atoms with Crippen molar-refractivity contribution in [2.45, 2.75) is 19.4 Å². The van der Waals surface area contributed by atoms with E-state index in [1.807, 2.05) is 0 Å². The molecule has 1 aromatic heterocycles. The van der Waals surface area contributed by atoms with Crippen LogP contribution in [0.15, 0.2) is 40.2 Å². The molecule has 2 heterocycles. The largest absolute Gasteiger partial charge is 0.507 e. The molecule has 6 heteroatoms. The molecule has 1 aromatic carbocycles. The molecule has 2 aromatic rings. The summed E-state index contributed by atoms with van der Waals surface area (Å²) in [6.45, 7) is 3.76. The average molecular weight is 409 g/mol. The van der Waals surface area contributed by atoms with Crippen LogP contribution in [0.25, 0.3) is 0 Å². The predicted octanol–water partition coefficient (Wildman–Crippen LogP) is 3.86. The maximum absolute atomic E-state index is 12.3. The first kappa shape index (κ1) is 17.5. The fraction of sp³-hybridized carbons (Fsp3) is 0.389. The lowest BCUT2D eigenvalue weighted by molar-refractivity contribution is 0.0928. The first-order valence-electron chi connectivity index (χ1n) is 8.13. The Hall–Kier alpha value is -1.37. The number of hydrogen-bond acceptors (Lipinski definition) is 4. The Morgan fingerprint density at radius 3 is 3.08 bits per heavy atom. The molecule has 1 unspecified atom stereocenters. The summed E-state index contributed by atoms with van der Waals surface area (Å²) in [5, 5.41) is 14.9. The van der Waals surface area contributed by atoms with E-state index in [1.54, 1.807) is 23.5 Å². The third-order valence-electron chi connectivity index (χ3n) is 4.32. The Morgan fingerprint density at radius 2 is 2.29 bits per heavy atom. The van der Waals surface area contributed by atoms with Gasteiger partial charge in [0.25, 0.3) is 5.91 Å². The molecular weight excluding hydrogens is 388 g/mol. The Kier molecular flexibility index (Phi) is 5.92. The minimum Gasteiger partial charge on any atom is -0.507 e. The summed E-state index contributed by atoms with van der Waals surface area (Å²) >= 11 is 5.12. The topological polar surface area (TPSA) is 52.6 Å². The number of nitrogens with one attached hydrogen (secondary N) is 1. The van der Waals surface area contributed by atoms with Crippen LogP contribution < -0.4 is 5.32 Å². The maximum atomic E-state index is 12.3. The van der Waals surface area contributed by atoms with Gasteiger partial charge in [-0.2, -0.15) is 0 Å². The summed E-state index contributed by atoms with van der Waals surface area (Å²) in [6.07, 6.45) is 2.29. The minimum absolute atomic E-state index is 0.0127. The number of benzene rings is 1. The van der Waals surface area contributed by atoms with Crippen LogP contribution in [0.3, 0.4) is 0 Å². The van der Waals surface area contributed by atoms with Crippen molar-refractivity contribution in [3.63, 3.8) is 0 Å². The van der Waals surface area contributed by atoms with Crippen molar-refractivity contribution in [1.29, 1.82) is 0 Å². The Labute approximate surface area is 154 Å². The van der Waals surface area contributed by atoms with Crippen molar-refractivity contribution in [3.05, 3.63) is 50.6 Å². The van der Waals surface area contributed by atoms with Gasteiger partial charge in [-0.15, -0.1) is 11.3 Å². The molecule has 0 bridgehead atoms. The van der Waals surface area contributed by atoms with Gasteiger partial charge < -0.3 is 10.4 Å². The van der Waals surface area contributed by atoms with Gasteiger partial charge in [-0.05, 0) is 54.9 Å². The highest BCUT2D eigenvalue weighted by atomic mass is 79.9. The molecule has 4 nitrogen and oxygen atoms in total. The van der Waals surface area contributed by atoms with Crippen molar-refractivity contribution in [2.75, 3.05) is 19.6 Å². The second kappa shape index (κ2) is 8.14. The second-order valence-corrected chi connectivity index (χ2v) is 8.14. The van der Waals surface area contributed by atoms with Crippen LogP contribution in [0.2, 0.25) is 0 Å². The highest BCUT2D eigenvalue weighted by molar-refractivity contribution is 9.10. The zero-order valence-corrected chi connectivity index (χ0v) is 15.8. The van der Waals surface area contributed by atoms with Crippen LogP contribution in [-0.2, 0) is 6.54 Å². The summed E-state index contributed by atoms with van der Waals surface area (Å²) in [5.74, 6) is 0.250. The number of thiophene rings is 1. The standard InChI is InChI=1S/C18H21BrN2O2S/c19-14-5-6-17(22)16(9-14)18(23)20-10-13-3-1-7-21(11-13)12-15-4-2-8-24-15/h2,4-6,8-9,13,22H,1,3,7,10-12H2,(H,20,23). The molecule has 1 amide bonds. The van der Waals surface area contributed by atoms with E-state index in [0.717, 1.165) is 36.9 Å². The van der Waals surface area contributed by atoms with E-state index >= 15 is 0 Å². The van der Waals surface area contributed by atoms with Crippen LogP contribution in [0.4, 0.5) is 0 Å². The van der Waals surface area contributed by atoms with Gasteiger partial charge in [0.05, 0.1) is 5.56 Å². The van der Waals surface area contributed by atoms with E-state index in [1.165, 1.54) is 10.9 Å². The average Bonchev–Trinajstić information content (AvgIpc) is 3.08. The maximum Gasteiger partial charge on any atom is 0.255 e. The molecule has 3 rings (SSSR count). The lowest BCUT2D eigenvalue weighted by Gasteiger charge is -2.32. The minimum atomic E-state index is -0.218. The Bertz CT molecular complexity index is 690. The fourth-order valence-corrected chi connectivity index (χ4v) is 4.21. The van der Waals surface area contributed by atoms with Crippen molar-refractivity contribution in [1.82, 2.24) is 10.2 Å². The van der Waals surface area contributed by atoms with E-state index in [9.17, 15) is 9.90 Å². The summed E-state index contributed by atoms with van der Waals surface area (Å²) in [5.41, 5.74) is 0.315. The first-order chi connectivity index (χ1) is 11.6. The van der Waals surface area contributed by atoms with Gasteiger partial charge in [0.2, 0.25) is 0 Å². The van der Waals surface area contributed by atoms with Crippen molar-refractivity contribution < 1.29 is 9.90 Å². The van der Waals surface area contributed by atoms with Crippen LogP contribution in [0, 0.1) is 5.92 Å². The summed E-state index contributed by atoms with van der Waals surface area (Å²) in [6, 6.07) is 9.16. The SMILES string of the molecule is O=C(NCC1CCCN(Cc2cccs2)C1)c1cc(Br)ccc1O. The van der Waals surface area contributed by atoms with Gasteiger partial charge in [-0.3, -0.25) is 9.69 Å². The van der Waals surface area contributed by atoms with E-state index in [0.29, 0.717) is 18.0 Å². The third-order valence-corrected chi connectivity index (χ3v) is 5.67. The molecule has 1 aliphatic heterocycles. The van der Waals surface area contributed by atoms with Crippen LogP contribution in [0.1, 0.15) is 28.1 Å². The first-order valence-corrected chi connectivity index (χ1v) is 9.80. The molecule has 1 fully saturated rings. The highest BCUT2D eigenvalue weighted by Gasteiger charge is 2.21. The number of carbonyl (C=O) groups excluding carboxylic acids is 1. The molecule has 0 spiro atoms. The van der Waals surface area contributed by atoms with Crippen LogP contribution in [0.5, 0.6) is 5.75 Å². The normalized spacial score (nSPS) is 18.5. The van der Waals surface area contributed by atoms with E-state index in [4.69, 9.17) is 0 Å². The molecule has 0 aliphatic carbocycles. The fourth-order valence-electron chi connectivity index (χ4n) is 3.11. The summed E-state index contributed by atoms with van der Waals surface area (Å²) < 4.78 is 0.783. The van der Waals surface area contributed by atoms with Gasteiger partial charge >= 0.3 is 0 Å². The predicted molar refractivity (Wildman–Crippen MR) is 100 cm³/mol. The molecule has 24 heavy (non-hydrogen) atoms. The molecular formula is C18H21BrN2O2S. The van der Waals surface area contributed by atoms with Crippen molar-refractivity contribution >= 4 is 33.2 Å². The van der Waals surface area contributed by atoms with Gasteiger partial charge in [-0.25, -0.2) is 0 Å². The Balaban J connectivity index is 1.52. The zero-order valence-electron chi connectivity index (χ0n) is 13.4. The molecule has 128 valence electrons. The lowest BCUT2D eigenvalue weighted by atomic mass is 9.97. The van der Waals surface area contributed by atoms with Crippen molar-refractivity contribution in [3.8, 4) is 5.75 Å². The molecule has 2 N–H and O–H groups in total. The van der Waals surface area contributed by atoms with E-state index in [2.05, 4.69) is 43.7 Å². The number of piperidine rings is 1. The molecule has 1 aliphatic rings. The quantitative estimate of drug-likeness (QED) is 0.789. The van der Waals surface area contributed by atoms with Gasteiger partial charge in [0.1, 0.15) is 5.75 Å². The molecule has 0 radical (unpaired) electrons. The number of rotatable bonds is 5. The van der Waals surface area contributed by atoms with E-state index < -0.39 is 0 Å². The number of carbonyl (C=O) groups is 1. The summed E-state index contributed by atoms with van der Waals surface area (Å²) in [4.78, 5) is 16.1. The van der Waals surface area contributed by atoms with Gasteiger partial charge in [0.15, 0.2) is 0 Å². The third kappa shape index (κ3) is 4.59. The number of amides is 1.